The molecule has 5 aromatic heterocycles. The molecule has 8 aromatic carbocycles. The Bertz CT molecular complexity index is 3800. The van der Waals surface area contributed by atoms with Gasteiger partial charge in [-0.1, -0.05) is 140 Å². The topological polar surface area (TPSA) is 40.6 Å². The molecule has 0 radical (unpaired) electrons. The molecule has 0 aliphatic heterocycles. The Morgan fingerprint density at radius 2 is 0.762 bits per heavy atom. The maximum atomic E-state index is 5.21. The summed E-state index contributed by atoms with van der Waals surface area (Å²) < 4.78 is 7.15. The van der Waals surface area contributed by atoms with Gasteiger partial charge in [-0.3, -0.25) is 4.98 Å². The van der Waals surface area contributed by atoms with Crippen molar-refractivity contribution in [3.05, 3.63) is 225 Å². The van der Waals surface area contributed by atoms with Gasteiger partial charge >= 0.3 is 0 Å². The molecule has 0 atom stereocenters. The molecule has 5 heterocycles. The number of aromatic nitrogens is 5. The van der Waals surface area contributed by atoms with Gasteiger partial charge in [0.2, 0.25) is 0 Å². The van der Waals surface area contributed by atoms with E-state index in [4.69, 9.17) is 9.97 Å². The third kappa shape index (κ3) is 5.57. The van der Waals surface area contributed by atoms with E-state index in [0.717, 1.165) is 83.6 Å². The van der Waals surface area contributed by atoms with Crippen molar-refractivity contribution in [2.24, 2.45) is 0 Å². The van der Waals surface area contributed by atoms with Crippen molar-refractivity contribution in [2.45, 2.75) is 0 Å². The van der Waals surface area contributed by atoms with Crippen molar-refractivity contribution < 1.29 is 0 Å². The SMILES string of the molecule is c1ccc(-c2cc(-n3c4ccccc4c4ccc(-c5ccc6c(c5)c5ccccc5n6-c5cccc(-n6c7ccccc7c7ncccc76)c5)cc43)cc(-c3ccccc3)n2)cc1. The van der Waals surface area contributed by atoms with Crippen molar-refractivity contribution in [1.82, 2.24) is 23.7 Å². The summed E-state index contributed by atoms with van der Waals surface area (Å²) in [7, 11) is 0. The fourth-order valence-electron chi connectivity index (χ4n) is 9.85. The number of para-hydroxylation sites is 3. The standard InChI is InChI=1S/C58H37N5/c1-3-15-38(16-4-1)50-36-44(37-51(60-50)39-17-5-2-6-18-39)63-52-24-10-7-21-45(52)47-30-28-41(34-57(47)63)40-29-31-55-49(33-40)46-22-8-11-25-53(46)61(55)42-19-13-20-43(35-42)62-54-26-12-9-23-48(54)58-56(62)27-14-32-59-58/h1-37H. The van der Waals surface area contributed by atoms with E-state index >= 15 is 0 Å². The summed E-state index contributed by atoms with van der Waals surface area (Å²) in [6.07, 6.45) is 1.88. The molecule has 0 aliphatic rings. The molecule has 0 saturated heterocycles. The lowest BCUT2D eigenvalue weighted by Gasteiger charge is -2.14. The van der Waals surface area contributed by atoms with Crippen molar-refractivity contribution in [3.63, 3.8) is 0 Å². The number of hydrogen-bond donors (Lipinski definition) is 0. The lowest BCUT2D eigenvalue weighted by atomic mass is 10.0. The Hall–Kier alpha value is -8.54. The van der Waals surface area contributed by atoms with Gasteiger partial charge in [0.25, 0.3) is 0 Å². The summed E-state index contributed by atoms with van der Waals surface area (Å²) in [5, 5.41) is 6.01. The summed E-state index contributed by atoms with van der Waals surface area (Å²) in [5.74, 6) is 0. The van der Waals surface area contributed by atoms with Crippen LogP contribution in [0.25, 0.3) is 116 Å². The van der Waals surface area contributed by atoms with Crippen LogP contribution in [0, 0.1) is 0 Å². The molecule has 13 rings (SSSR count). The maximum absolute atomic E-state index is 5.21. The van der Waals surface area contributed by atoms with Gasteiger partial charge in [-0.25, -0.2) is 4.98 Å². The van der Waals surface area contributed by atoms with Gasteiger partial charge in [0.05, 0.1) is 55.7 Å². The molecule has 0 unspecified atom stereocenters. The molecule has 0 fully saturated rings. The van der Waals surface area contributed by atoms with E-state index in [0.29, 0.717) is 0 Å². The largest absolute Gasteiger partial charge is 0.309 e. The van der Waals surface area contributed by atoms with Crippen LogP contribution in [-0.4, -0.2) is 23.7 Å². The summed E-state index contributed by atoms with van der Waals surface area (Å²) in [6.45, 7) is 0. The van der Waals surface area contributed by atoms with Crippen LogP contribution in [0.3, 0.4) is 0 Å². The van der Waals surface area contributed by atoms with Gasteiger partial charge in [0.15, 0.2) is 0 Å². The smallest absolute Gasteiger partial charge is 0.0963 e. The summed E-state index contributed by atoms with van der Waals surface area (Å²) in [6, 6.07) is 78.4. The summed E-state index contributed by atoms with van der Waals surface area (Å²) in [4.78, 5) is 10.00. The van der Waals surface area contributed by atoms with Crippen LogP contribution in [-0.2, 0) is 0 Å². The number of fused-ring (bicyclic) bond motifs is 9. The zero-order chi connectivity index (χ0) is 41.4. The number of nitrogens with zero attached hydrogens (tertiary/aromatic N) is 5. The second-order valence-electron chi connectivity index (χ2n) is 16.2. The van der Waals surface area contributed by atoms with Crippen molar-refractivity contribution in [3.8, 4) is 50.7 Å². The van der Waals surface area contributed by atoms with Crippen LogP contribution in [0.15, 0.2) is 225 Å². The van der Waals surface area contributed by atoms with Crippen LogP contribution in [0.5, 0.6) is 0 Å². The van der Waals surface area contributed by atoms with E-state index in [1.807, 2.05) is 12.3 Å². The molecule has 0 bridgehead atoms. The van der Waals surface area contributed by atoms with Crippen LogP contribution in [0.4, 0.5) is 0 Å². The predicted molar refractivity (Wildman–Crippen MR) is 261 cm³/mol. The molecule has 0 spiro atoms. The normalized spacial score (nSPS) is 11.8. The van der Waals surface area contributed by atoms with Crippen LogP contribution in [0.1, 0.15) is 0 Å². The molecule has 0 N–H and O–H groups in total. The molecule has 0 aliphatic carbocycles. The summed E-state index contributed by atoms with van der Waals surface area (Å²) >= 11 is 0. The second kappa shape index (κ2) is 14.0. The quantitative estimate of drug-likeness (QED) is 0.168. The lowest BCUT2D eigenvalue weighted by molar-refractivity contribution is 1.13. The zero-order valence-corrected chi connectivity index (χ0v) is 34.1. The monoisotopic (exact) mass is 803 g/mol. The highest BCUT2D eigenvalue weighted by Crippen LogP contribution is 2.40. The Morgan fingerprint density at radius 1 is 0.270 bits per heavy atom. The second-order valence-corrected chi connectivity index (χ2v) is 16.2. The molecule has 0 saturated carbocycles. The lowest BCUT2D eigenvalue weighted by Crippen LogP contribution is -1.98. The highest BCUT2D eigenvalue weighted by Gasteiger charge is 2.19. The van der Waals surface area contributed by atoms with E-state index in [9.17, 15) is 0 Å². The molecular weight excluding hydrogens is 767 g/mol. The first kappa shape index (κ1) is 35.2. The number of pyridine rings is 2. The average Bonchev–Trinajstić information content (AvgIpc) is 4.00. The first-order valence-electron chi connectivity index (χ1n) is 21.4. The van der Waals surface area contributed by atoms with E-state index in [2.05, 4.69) is 226 Å². The third-order valence-electron chi connectivity index (χ3n) is 12.7. The molecule has 5 heteroatoms. The highest BCUT2D eigenvalue weighted by atomic mass is 15.0. The van der Waals surface area contributed by atoms with Gasteiger partial charge in [-0.15, -0.1) is 0 Å². The average molecular weight is 804 g/mol. The van der Waals surface area contributed by atoms with Crippen molar-refractivity contribution in [1.29, 1.82) is 0 Å². The first-order valence-corrected chi connectivity index (χ1v) is 21.4. The number of rotatable bonds is 6. The Labute approximate surface area is 363 Å². The van der Waals surface area contributed by atoms with Crippen molar-refractivity contribution >= 4 is 65.5 Å². The van der Waals surface area contributed by atoms with Crippen LogP contribution in [0.2, 0.25) is 0 Å². The fraction of sp³-hybridized carbons (Fsp3) is 0. The Morgan fingerprint density at radius 3 is 1.44 bits per heavy atom. The van der Waals surface area contributed by atoms with E-state index in [1.165, 1.54) is 32.6 Å². The fourth-order valence-corrected chi connectivity index (χ4v) is 9.85. The van der Waals surface area contributed by atoms with Gasteiger partial charge < -0.3 is 13.7 Å². The number of benzene rings is 8. The molecule has 63 heavy (non-hydrogen) atoms. The molecule has 5 nitrogen and oxygen atoms in total. The van der Waals surface area contributed by atoms with Gasteiger partial charge in [-0.2, -0.15) is 0 Å². The van der Waals surface area contributed by atoms with Gasteiger partial charge in [0.1, 0.15) is 0 Å². The first-order chi connectivity index (χ1) is 31.2. The van der Waals surface area contributed by atoms with Crippen LogP contribution >= 0.6 is 0 Å². The van der Waals surface area contributed by atoms with Gasteiger partial charge in [0, 0.05) is 55.6 Å². The minimum atomic E-state index is 0.938. The third-order valence-corrected chi connectivity index (χ3v) is 12.7. The van der Waals surface area contributed by atoms with Crippen LogP contribution < -0.4 is 0 Å². The molecule has 0 amide bonds. The maximum Gasteiger partial charge on any atom is 0.0963 e. The zero-order valence-electron chi connectivity index (χ0n) is 34.1. The minimum absolute atomic E-state index is 0.938. The minimum Gasteiger partial charge on any atom is -0.309 e. The molecule has 294 valence electrons. The van der Waals surface area contributed by atoms with E-state index in [1.54, 1.807) is 0 Å². The molecule has 13 aromatic rings. The summed E-state index contributed by atoms with van der Waals surface area (Å²) in [5.41, 5.74) is 17.5. The van der Waals surface area contributed by atoms with E-state index < -0.39 is 0 Å². The Kier molecular flexibility index (Phi) is 7.84. The molecular formula is C58H37N5. The van der Waals surface area contributed by atoms with Crippen molar-refractivity contribution in [2.75, 3.05) is 0 Å². The highest BCUT2D eigenvalue weighted by molar-refractivity contribution is 6.13. The van der Waals surface area contributed by atoms with Gasteiger partial charge in [-0.05, 0) is 90.0 Å². The Balaban J connectivity index is 0.983. The number of hydrogen-bond acceptors (Lipinski definition) is 2. The predicted octanol–water partition coefficient (Wildman–Crippen LogP) is 14.8. The van der Waals surface area contributed by atoms with E-state index in [-0.39, 0.29) is 0 Å².